The molecule has 9 nitrogen and oxygen atoms in total. The molecule has 2 aromatic heterocycles. The molecule has 212 valence electrons. The number of nitrogens with zero attached hydrogens (tertiary/aromatic N) is 4. The number of aryl methyl sites for hydroxylation is 1. The molecule has 10 heteroatoms. The summed E-state index contributed by atoms with van der Waals surface area (Å²) in [5, 5.41) is 13.6. The lowest BCUT2D eigenvalue weighted by molar-refractivity contribution is 0.0693. The first kappa shape index (κ1) is 26.9. The van der Waals surface area contributed by atoms with Crippen LogP contribution in [0.15, 0.2) is 54.7 Å². The lowest BCUT2D eigenvalue weighted by Crippen LogP contribution is -2.40. The number of aromatic carboxylic acids is 1. The molecule has 0 bridgehead atoms. The average molecular weight is 559 g/mol. The van der Waals surface area contributed by atoms with Crippen molar-refractivity contribution in [3.05, 3.63) is 88.4 Å². The molecule has 1 atom stereocenters. The van der Waals surface area contributed by atoms with Crippen molar-refractivity contribution in [1.29, 1.82) is 0 Å². The Morgan fingerprint density at radius 3 is 2.85 bits per heavy atom. The fourth-order valence-corrected chi connectivity index (χ4v) is 5.64. The summed E-state index contributed by atoms with van der Waals surface area (Å²) in [6.45, 7) is 5.15. The Morgan fingerprint density at radius 1 is 1.22 bits per heavy atom. The van der Waals surface area contributed by atoms with Crippen molar-refractivity contribution < 1.29 is 28.5 Å². The number of aromatic nitrogens is 3. The zero-order chi connectivity index (χ0) is 28.5. The van der Waals surface area contributed by atoms with Gasteiger partial charge < -0.3 is 19.3 Å². The Balaban J connectivity index is 1.25. The third-order valence-electron chi connectivity index (χ3n) is 7.77. The highest BCUT2D eigenvalue weighted by Crippen LogP contribution is 2.34. The van der Waals surface area contributed by atoms with Crippen molar-refractivity contribution in [2.45, 2.75) is 39.0 Å². The number of hydrogen-bond donors (Lipinski definition) is 1. The van der Waals surface area contributed by atoms with Crippen LogP contribution in [0.5, 0.6) is 11.6 Å². The molecule has 0 radical (unpaired) electrons. The van der Waals surface area contributed by atoms with Gasteiger partial charge in [-0.2, -0.15) is 9.78 Å². The highest BCUT2D eigenvalue weighted by molar-refractivity contribution is 5.90. The number of pyridine rings is 1. The molecule has 4 aromatic rings. The number of halogens is 1. The molecule has 1 fully saturated rings. The predicted octanol–water partition coefficient (Wildman–Crippen LogP) is 4.81. The van der Waals surface area contributed by atoms with E-state index in [1.54, 1.807) is 12.1 Å². The molecule has 0 amide bonds. The molecule has 0 saturated carbocycles. The zero-order valence-corrected chi connectivity index (χ0v) is 23.0. The maximum atomic E-state index is 15.3. The molecular weight excluding hydrogens is 527 g/mol. The number of methoxy groups -OCH3 is 1. The van der Waals surface area contributed by atoms with Crippen LogP contribution in [0.25, 0.3) is 17.1 Å². The van der Waals surface area contributed by atoms with Crippen LogP contribution in [-0.4, -0.2) is 63.7 Å². The smallest absolute Gasteiger partial charge is 0.342 e. The third-order valence-corrected chi connectivity index (χ3v) is 7.77. The predicted molar refractivity (Wildman–Crippen MR) is 149 cm³/mol. The third kappa shape index (κ3) is 5.28. The Bertz CT molecular complexity index is 1600. The van der Waals surface area contributed by atoms with E-state index in [9.17, 15) is 9.90 Å². The molecule has 0 unspecified atom stereocenters. The minimum absolute atomic E-state index is 0.0585. The fraction of sp³-hybridized carbons (Fsp3) is 0.323. The number of fused-ring (bicyclic) bond motifs is 1. The number of hydrogen-bond acceptors (Lipinski definition) is 7. The van der Waals surface area contributed by atoms with Crippen molar-refractivity contribution in [3.63, 3.8) is 0 Å². The van der Waals surface area contributed by atoms with Crippen molar-refractivity contribution in [3.8, 4) is 28.7 Å². The van der Waals surface area contributed by atoms with Crippen molar-refractivity contribution >= 4 is 5.97 Å². The summed E-state index contributed by atoms with van der Waals surface area (Å²) in [6, 6.07) is 15.2. The molecule has 2 aliphatic heterocycles. The number of carboxylic acids is 1. The average Bonchev–Trinajstić information content (AvgIpc) is 3.67. The quantitative estimate of drug-likeness (QED) is 0.329. The van der Waals surface area contributed by atoms with Crippen LogP contribution in [0, 0.1) is 12.7 Å². The molecule has 4 heterocycles. The van der Waals surface area contributed by atoms with Gasteiger partial charge in [0.25, 0.3) is 0 Å². The number of para-hydroxylation sites is 1. The molecule has 6 rings (SSSR count). The van der Waals surface area contributed by atoms with Crippen LogP contribution in [0.3, 0.4) is 0 Å². The zero-order valence-electron chi connectivity index (χ0n) is 23.0. The van der Waals surface area contributed by atoms with E-state index in [0.717, 1.165) is 60.4 Å². The molecule has 2 aliphatic rings. The van der Waals surface area contributed by atoms with Gasteiger partial charge in [0.2, 0.25) is 5.88 Å². The number of rotatable bonds is 8. The van der Waals surface area contributed by atoms with E-state index in [0.29, 0.717) is 29.8 Å². The lowest BCUT2D eigenvalue weighted by atomic mass is 9.95. The minimum atomic E-state index is -1.14. The molecule has 2 aromatic carbocycles. The second kappa shape index (κ2) is 11.3. The SMILES string of the molecule is COc1c(C(=O)O)cnn1-c1cccc(-c2cccc(C)c2OCc2cc(F)c3c(c2)CCN([C@@H]2CCOC2)C3)n1. The van der Waals surface area contributed by atoms with Crippen molar-refractivity contribution in [2.75, 3.05) is 26.9 Å². The Kier molecular flexibility index (Phi) is 7.42. The Hall–Kier alpha value is -4.28. The van der Waals surface area contributed by atoms with Crippen LogP contribution >= 0.6 is 0 Å². The van der Waals surface area contributed by atoms with Gasteiger partial charge in [-0.1, -0.05) is 24.3 Å². The maximum Gasteiger partial charge on any atom is 0.342 e. The summed E-state index contributed by atoms with van der Waals surface area (Å²) in [7, 11) is 1.39. The summed E-state index contributed by atoms with van der Waals surface area (Å²) in [5.41, 5.74) is 4.80. The summed E-state index contributed by atoms with van der Waals surface area (Å²) in [6.07, 6.45) is 3.02. The number of benzene rings is 2. The highest BCUT2D eigenvalue weighted by atomic mass is 19.1. The van der Waals surface area contributed by atoms with Gasteiger partial charge in [0.1, 0.15) is 23.7 Å². The topological polar surface area (TPSA) is 98.9 Å². The van der Waals surface area contributed by atoms with Gasteiger partial charge in [-0.05, 0) is 60.7 Å². The number of ether oxygens (including phenoxy) is 3. The molecule has 0 spiro atoms. The minimum Gasteiger partial charge on any atom is -0.488 e. The van der Waals surface area contributed by atoms with E-state index in [4.69, 9.17) is 19.2 Å². The summed E-state index contributed by atoms with van der Waals surface area (Å²) in [4.78, 5) is 18.6. The van der Waals surface area contributed by atoms with Gasteiger partial charge in [-0.15, -0.1) is 0 Å². The maximum absolute atomic E-state index is 15.3. The van der Waals surface area contributed by atoms with Gasteiger partial charge in [0.05, 0.1) is 25.6 Å². The second-order valence-electron chi connectivity index (χ2n) is 10.4. The molecular formula is C31H31FN4O5. The van der Waals surface area contributed by atoms with Crippen LogP contribution in [0.2, 0.25) is 0 Å². The number of carboxylic acid groups (broad SMARTS) is 1. The first-order valence-electron chi connectivity index (χ1n) is 13.6. The first-order valence-corrected chi connectivity index (χ1v) is 13.6. The Morgan fingerprint density at radius 2 is 2.07 bits per heavy atom. The van der Waals surface area contributed by atoms with Crippen LogP contribution in [0.1, 0.15) is 39.0 Å². The second-order valence-corrected chi connectivity index (χ2v) is 10.4. The van der Waals surface area contributed by atoms with Gasteiger partial charge in [-0.25, -0.2) is 14.2 Å². The van der Waals surface area contributed by atoms with Crippen LogP contribution < -0.4 is 9.47 Å². The molecule has 1 saturated heterocycles. The van der Waals surface area contributed by atoms with Crippen LogP contribution in [0.4, 0.5) is 4.39 Å². The van der Waals surface area contributed by atoms with E-state index in [1.165, 1.54) is 18.0 Å². The first-order chi connectivity index (χ1) is 19.9. The Labute approximate surface area is 237 Å². The lowest BCUT2D eigenvalue weighted by Gasteiger charge is -2.33. The van der Waals surface area contributed by atoms with E-state index in [1.807, 2.05) is 37.3 Å². The molecule has 1 N–H and O–H groups in total. The molecule has 41 heavy (non-hydrogen) atoms. The van der Waals surface area contributed by atoms with Gasteiger partial charge in [0.15, 0.2) is 5.82 Å². The van der Waals surface area contributed by atoms with E-state index >= 15 is 4.39 Å². The normalized spacial score (nSPS) is 16.9. The largest absolute Gasteiger partial charge is 0.488 e. The summed E-state index contributed by atoms with van der Waals surface area (Å²) >= 11 is 0. The summed E-state index contributed by atoms with van der Waals surface area (Å²) < 4.78 is 33.8. The standard InChI is InChI=1S/C31H31FN4O5/c1-19-5-3-6-23(27-7-4-8-28(34-27)36-30(39-2)24(15-33-36)31(37)38)29(19)41-17-20-13-21-9-11-35(22-10-12-40-18-22)16-25(21)26(32)14-20/h3-8,13-15,22H,9-12,16-18H2,1-2H3,(H,37,38)/t22-/m1/s1. The van der Waals surface area contributed by atoms with Gasteiger partial charge in [-0.3, -0.25) is 4.90 Å². The van der Waals surface area contributed by atoms with Gasteiger partial charge in [0, 0.05) is 36.9 Å². The number of carbonyl (C=O) groups is 1. The van der Waals surface area contributed by atoms with Crippen molar-refractivity contribution in [2.24, 2.45) is 0 Å². The monoisotopic (exact) mass is 558 g/mol. The van der Waals surface area contributed by atoms with Gasteiger partial charge >= 0.3 is 5.97 Å². The highest BCUT2D eigenvalue weighted by Gasteiger charge is 2.28. The fourth-order valence-electron chi connectivity index (χ4n) is 5.64. The van der Waals surface area contributed by atoms with E-state index in [2.05, 4.69) is 16.1 Å². The molecule has 0 aliphatic carbocycles. The van der Waals surface area contributed by atoms with Crippen LogP contribution in [-0.2, 0) is 24.3 Å². The van der Waals surface area contributed by atoms with Crippen molar-refractivity contribution in [1.82, 2.24) is 19.7 Å². The van der Waals surface area contributed by atoms with E-state index in [-0.39, 0.29) is 23.9 Å². The summed E-state index contributed by atoms with van der Waals surface area (Å²) in [5.74, 6) is -0.219. The van der Waals surface area contributed by atoms with E-state index < -0.39 is 5.97 Å².